The Labute approximate surface area is 145 Å². The second-order valence-corrected chi connectivity index (χ2v) is 6.28. The summed E-state index contributed by atoms with van der Waals surface area (Å²) >= 11 is 0. The highest BCUT2D eigenvalue weighted by atomic mass is 16.2. The van der Waals surface area contributed by atoms with Gasteiger partial charge in [-0.1, -0.05) is 25.1 Å². The van der Waals surface area contributed by atoms with E-state index in [1.165, 1.54) is 0 Å². The maximum absolute atomic E-state index is 12.9. The van der Waals surface area contributed by atoms with E-state index < -0.39 is 0 Å². The standard InChI is InChI=1S/C18H20N6O/c1-3-16-20-21-17-10-9-15(22-24(16)17)19-14-11-12(2)23(18(14)25)13-7-5-4-6-8-13/h4-10,12,14H,3,11H2,1-2H3,(H,19,22)/t12-,14+/m0/s1. The number of anilines is 2. The molecule has 2 atom stereocenters. The van der Waals surface area contributed by atoms with Crippen LogP contribution in [0.2, 0.25) is 0 Å². The van der Waals surface area contributed by atoms with Gasteiger partial charge in [0.2, 0.25) is 5.91 Å². The topological polar surface area (TPSA) is 75.4 Å². The van der Waals surface area contributed by atoms with Crippen molar-refractivity contribution in [1.82, 2.24) is 19.8 Å². The number of carbonyl (C=O) groups is 1. The lowest BCUT2D eigenvalue weighted by molar-refractivity contribution is -0.117. The minimum atomic E-state index is -0.290. The average molecular weight is 336 g/mol. The van der Waals surface area contributed by atoms with Crippen LogP contribution >= 0.6 is 0 Å². The molecule has 25 heavy (non-hydrogen) atoms. The Morgan fingerprint density at radius 3 is 2.72 bits per heavy atom. The molecule has 1 saturated heterocycles. The largest absolute Gasteiger partial charge is 0.357 e. The van der Waals surface area contributed by atoms with Crippen LogP contribution < -0.4 is 10.2 Å². The number of hydrogen-bond acceptors (Lipinski definition) is 5. The van der Waals surface area contributed by atoms with Gasteiger partial charge >= 0.3 is 0 Å². The van der Waals surface area contributed by atoms with Crippen LogP contribution in [0.4, 0.5) is 11.5 Å². The monoisotopic (exact) mass is 336 g/mol. The van der Waals surface area contributed by atoms with E-state index in [4.69, 9.17) is 0 Å². The molecule has 0 unspecified atom stereocenters. The van der Waals surface area contributed by atoms with Gasteiger partial charge in [-0.25, -0.2) is 0 Å². The summed E-state index contributed by atoms with van der Waals surface area (Å²) in [7, 11) is 0. The minimum absolute atomic E-state index is 0.0695. The molecule has 128 valence electrons. The molecule has 7 nitrogen and oxygen atoms in total. The van der Waals surface area contributed by atoms with Crippen molar-refractivity contribution in [3.63, 3.8) is 0 Å². The molecule has 1 aliphatic rings. The molecule has 0 spiro atoms. The first-order valence-corrected chi connectivity index (χ1v) is 8.53. The number of benzene rings is 1. The van der Waals surface area contributed by atoms with Crippen molar-refractivity contribution in [2.75, 3.05) is 10.2 Å². The molecule has 4 rings (SSSR count). The number of fused-ring (bicyclic) bond motifs is 1. The van der Waals surface area contributed by atoms with Gasteiger partial charge in [-0.05, 0) is 37.6 Å². The Morgan fingerprint density at radius 2 is 1.96 bits per heavy atom. The zero-order valence-electron chi connectivity index (χ0n) is 14.3. The van der Waals surface area contributed by atoms with E-state index in [1.54, 1.807) is 4.52 Å². The Bertz CT molecular complexity index is 906. The van der Waals surface area contributed by atoms with Crippen molar-refractivity contribution in [3.05, 3.63) is 48.3 Å². The van der Waals surface area contributed by atoms with Crippen molar-refractivity contribution in [2.24, 2.45) is 0 Å². The molecular formula is C18H20N6O. The maximum atomic E-state index is 12.9. The molecule has 0 radical (unpaired) electrons. The fourth-order valence-corrected chi connectivity index (χ4v) is 3.33. The van der Waals surface area contributed by atoms with Crippen molar-refractivity contribution < 1.29 is 4.79 Å². The average Bonchev–Trinajstić information content (AvgIpc) is 3.16. The maximum Gasteiger partial charge on any atom is 0.249 e. The third-order valence-corrected chi connectivity index (χ3v) is 4.55. The second-order valence-electron chi connectivity index (χ2n) is 6.28. The van der Waals surface area contributed by atoms with E-state index >= 15 is 0 Å². The fraction of sp³-hybridized carbons (Fsp3) is 0.333. The van der Waals surface area contributed by atoms with E-state index in [0.717, 1.165) is 24.4 Å². The van der Waals surface area contributed by atoms with Gasteiger partial charge in [0.05, 0.1) is 0 Å². The van der Waals surface area contributed by atoms with Gasteiger partial charge in [0.25, 0.3) is 0 Å². The molecule has 7 heteroatoms. The number of amides is 1. The van der Waals surface area contributed by atoms with Crippen molar-refractivity contribution in [1.29, 1.82) is 0 Å². The summed E-state index contributed by atoms with van der Waals surface area (Å²) in [6, 6.07) is 13.3. The summed E-state index contributed by atoms with van der Waals surface area (Å²) in [5, 5.41) is 16.0. The Kier molecular flexibility index (Phi) is 3.83. The second kappa shape index (κ2) is 6.16. The summed E-state index contributed by atoms with van der Waals surface area (Å²) < 4.78 is 1.72. The third kappa shape index (κ3) is 2.71. The molecule has 0 bridgehead atoms. The molecule has 0 saturated carbocycles. The van der Waals surface area contributed by atoms with Crippen LogP contribution in [0, 0.1) is 0 Å². The highest BCUT2D eigenvalue weighted by Gasteiger charge is 2.38. The molecule has 1 aromatic carbocycles. The van der Waals surface area contributed by atoms with Gasteiger partial charge in [-0.2, -0.15) is 4.52 Å². The molecular weight excluding hydrogens is 316 g/mol. The van der Waals surface area contributed by atoms with Crippen molar-refractivity contribution >= 4 is 23.1 Å². The number of para-hydroxylation sites is 1. The van der Waals surface area contributed by atoms with Gasteiger partial charge in [-0.15, -0.1) is 15.3 Å². The van der Waals surface area contributed by atoms with Crippen LogP contribution in [0.25, 0.3) is 5.65 Å². The number of aromatic nitrogens is 4. The highest BCUT2D eigenvalue weighted by Crippen LogP contribution is 2.28. The predicted molar refractivity (Wildman–Crippen MR) is 95.6 cm³/mol. The SMILES string of the molecule is CCc1nnc2ccc(N[C@@H]3C[C@H](C)N(c4ccccc4)C3=O)nn12. The molecule has 1 aliphatic heterocycles. The van der Waals surface area contributed by atoms with Crippen molar-refractivity contribution in [2.45, 2.75) is 38.8 Å². The molecule has 1 N–H and O–H groups in total. The number of rotatable bonds is 4. The predicted octanol–water partition coefficient (Wildman–Crippen LogP) is 2.29. The lowest BCUT2D eigenvalue weighted by Crippen LogP contribution is -2.35. The summed E-state index contributed by atoms with van der Waals surface area (Å²) in [5.41, 5.74) is 1.64. The van der Waals surface area contributed by atoms with Gasteiger partial charge in [0.15, 0.2) is 11.5 Å². The molecule has 1 fully saturated rings. The smallest absolute Gasteiger partial charge is 0.249 e. The van der Waals surface area contributed by atoms with Crippen molar-refractivity contribution in [3.8, 4) is 0 Å². The van der Waals surface area contributed by atoms with Crippen LogP contribution in [0.15, 0.2) is 42.5 Å². The third-order valence-electron chi connectivity index (χ3n) is 4.55. The van der Waals surface area contributed by atoms with E-state index in [1.807, 2.05) is 54.3 Å². The Morgan fingerprint density at radius 1 is 1.16 bits per heavy atom. The van der Waals surface area contributed by atoms with Crippen LogP contribution in [0.3, 0.4) is 0 Å². The van der Waals surface area contributed by atoms with Gasteiger partial charge < -0.3 is 10.2 Å². The van der Waals surface area contributed by atoms with Crippen LogP contribution in [-0.2, 0) is 11.2 Å². The summed E-state index contributed by atoms with van der Waals surface area (Å²) in [6.45, 7) is 4.08. The van der Waals surface area contributed by atoms with E-state index in [-0.39, 0.29) is 18.0 Å². The number of nitrogens with zero attached hydrogens (tertiary/aromatic N) is 5. The quantitative estimate of drug-likeness (QED) is 0.791. The minimum Gasteiger partial charge on any atom is -0.357 e. The van der Waals surface area contributed by atoms with Crippen LogP contribution in [0.5, 0.6) is 0 Å². The van der Waals surface area contributed by atoms with E-state index in [9.17, 15) is 4.79 Å². The Balaban J connectivity index is 1.58. The molecule has 1 amide bonds. The zero-order chi connectivity index (χ0) is 17.4. The normalized spacial score (nSPS) is 20.4. The van der Waals surface area contributed by atoms with E-state index in [2.05, 4.69) is 27.5 Å². The first kappa shape index (κ1) is 15.6. The number of hydrogen-bond donors (Lipinski definition) is 1. The molecule has 3 aromatic rings. The summed E-state index contributed by atoms with van der Waals surface area (Å²) in [4.78, 5) is 14.7. The van der Waals surface area contributed by atoms with Gasteiger partial charge in [-0.3, -0.25) is 4.79 Å². The van der Waals surface area contributed by atoms with E-state index in [0.29, 0.717) is 11.5 Å². The molecule has 0 aliphatic carbocycles. The number of aryl methyl sites for hydroxylation is 1. The first-order chi connectivity index (χ1) is 12.2. The lowest BCUT2D eigenvalue weighted by Gasteiger charge is -2.21. The molecule has 3 heterocycles. The summed E-state index contributed by atoms with van der Waals surface area (Å²) in [5.74, 6) is 1.53. The zero-order valence-corrected chi connectivity index (χ0v) is 14.3. The lowest BCUT2D eigenvalue weighted by atomic mass is 10.2. The van der Waals surface area contributed by atoms with Crippen LogP contribution in [0.1, 0.15) is 26.1 Å². The number of nitrogens with one attached hydrogen (secondary N) is 1. The molecule has 2 aromatic heterocycles. The fourth-order valence-electron chi connectivity index (χ4n) is 3.33. The first-order valence-electron chi connectivity index (χ1n) is 8.53. The van der Waals surface area contributed by atoms with Crippen LogP contribution in [-0.4, -0.2) is 37.8 Å². The number of carbonyl (C=O) groups excluding carboxylic acids is 1. The summed E-state index contributed by atoms with van der Waals surface area (Å²) in [6.07, 6.45) is 1.48. The van der Waals surface area contributed by atoms with Gasteiger partial charge in [0, 0.05) is 18.2 Å². The van der Waals surface area contributed by atoms with Gasteiger partial charge in [0.1, 0.15) is 11.9 Å². The highest BCUT2D eigenvalue weighted by molar-refractivity contribution is 6.01. The Hall–Kier alpha value is -2.96.